The average molecular weight is 393 g/mol. The van der Waals surface area contributed by atoms with Gasteiger partial charge in [0.2, 0.25) is 0 Å². The molecule has 3 heterocycles. The van der Waals surface area contributed by atoms with Crippen molar-refractivity contribution < 1.29 is 14.3 Å². The number of nitrogens with zero attached hydrogens (tertiary/aromatic N) is 4. The molecular weight excluding hydrogens is 378 g/mol. The number of aromatic nitrogens is 4. The van der Waals surface area contributed by atoms with E-state index < -0.39 is 0 Å². The van der Waals surface area contributed by atoms with Crippen LogP contribution in [0.4, 0.5) is 5.69 Å². The largest absolute Gasteiger partial charge is 0.486 e. The molecule has 0 fully saturated rings. The van der Waals surface area contributed by atoms with E-state index >= 15 is 0 Å². The van der Waals surface area contributed by atoms with Gasteiger partial charge in [0.25, 0.3) is 5.91 Å². The molecule has 0 saturated heterocycles. The number of benzene rings is 2. The molecule has 1 aliphatic rings. The first-order valence-electron chi connectivity index (χ1n) is 8.69. The van der Waals surface area contributed by atoms with Gasteiger partial charge in [0.15, 0.2) is 17.6 Å². The van der Waals surface area contributed by atoms with E-state index in [2.05, 4.69) is 19.2 Å². The van der Waals surface area contributed by atoms with Crippen LogP contribution in [0.5, 0.6) is 11.5 Å². The Kier molecular flexibility index (Phi) is 4.13. The van der Waals surface area contributed by atoms with Crippen molar-refractivity contribution in [1.29, 1.82) is 0 Å². The Hall–Kier alpha value is -3.46. The van der Waals surface area contributed by atoms with E-state index in [1.165, 1.54) is 0 Å². The van der Waals surface area contributed by atoms with E-state index in [1.54, 1.807) is 35.3 Å². The highest BCUT2D eigenvalue weighted by atomic mass is 32.1. The normalized spacial score (nSPS) is 15.5. The number of fused-ring (bicyclic) bond motifs is 2. The minimum Gasteiger partial charge on any atom is -0.486 e. The van der Waals surface area contributed by atoms with E-state index in [9.17, 15) is 4.79 Å². The van der Waals surface area contributed by atoms with Gasteiger partial charge in [-0.1, -0.05) is 12.1 Å². The van der Waals surface area contributed by atoms with Gasteiger partial charge in [-0.25, -0.2) is 0 Å². The van der Waals surface area contributed by atoms with Gasteiger partial charge in [0.05, 0.1) is 30.2 Å². The van der Waals surface area contributed by atoms with Gasteiger partial charge in [0.1, 0.15) is 17.6 Å². The third-order valence-corrected chi connectivity index (χ3v) is 4.92. The van der Waals surface area contributed by atoms with Crippen LogP contribution in [0.3, 0.4) is 0 Å². The summed E-state index contributed by atoms with van der Waals surface area (Å²) in [6.07, 6.45) is 3.22. The first kappa shape index (κ1) is 16.7. The fourth-order valence-electron chi connectivity index (χ4n) is 3.02. The van der Waals surface area contributed by atoms with Crippen molar-refractivity contribution >= 4 is 34.4 Å². The summed E-state index contributed by atoms with van der Waals surface area (Å²) in [6, 6.07) is 12.8. The molecule has 2 aromatic heterocycles. The van der Waals surface area contributed by atoms with Crippen molar-refractivity contribution in [3.63, 3.8) is 0 Å². The van der Waals surface area contributed by atoms with E-state index in [0.717, 1.165) is 28.7 Å². The molecule has 140 valence electrons. The lowest BCUT2D eigenvalue weighted by Gasteiger charge is -2.26. The topological polar surface area (TPSA) is 91.2 Å². The number of ether oxygens (including phenoxy) is 2. The Labute approximate surface area is 164 Å². The van der Waals surface area contributed by atoms with Gasteiger partial charge in [-0.3, -0.25) is 9.48 Å². The van der Waals surface area contributed by atoms with Gasteiger partial charge in [-0.05, 0) is 30.3 Å². The standard InChI is InChI=1S/C19H15N5O3S/c25-19(12-5-6-15-16(7-12)23-28-22-15)21-13-8-20-24(9-13)10-14-11-26-17-3-1-2-4-18(17)27-14/h1-9,14H,10-11H2,(H,21,25)/t14-/m0/s1. The number of carbonyl (C=O) groups is 1. The summed E-state index contributed by atoms with van der Waals surface area (Å²) in [7, 11) is 0. The van der Waals surface area contributed by atoms with E-state index in [1.807, 2.05) is 24.3 Å². The number of nitrogens with one attached hydrogen (secondary N) is 1. The number of hydrogen-bond donors (Lipinski definition) is 1. The maximum Gasteiger partial charge on any atom is 0.255 e. The molecule has 0 radical (unpaired) electrons. The summed E-state index contributed by atoms with van der Waals surface area (Å²) >= 11 is 1.13. The van der Waals surface area contributed by atoms with Crippen LogP contribution in [0.1, 0.15) is 10.4 Å². The number of para-hydroxylation sites is 2. The Morgan fingerprint density at radius 1 is 1.18 bits per heavy atom. The second-order valence-electron chi connectivity index (χ2n) is 6.37. The van der Waals surface area contributed by atoms with Crippen LogP contribution in [-0.2, 0) is 6.54 Å². The second-order valence-corrected chi connectivity index (χ2v) is 6.90. The molecule has 0 aliphatic carbocycles. The SMILES string of the molecule is O=C(Nc1cnn(C[C@H]2COc3ccccc3O2)c1)c1ccc2nsnc2c1. The van der Waals surface area contributed by atoms with Crippen molar-refractivity contribution in [3.05, 3.63) is 60.4 Å². The van der Waals surface area contributed by atoms with Gasteiger partial charge >= 0.3 is 0 Å². The lowest BCUT2D eigenvalue weighted by molar-refractivity contribution is 0.0759. The molecule has 28 heavy (non-hydrogen) atoms. The van der Waals surface area contributed by atoms with Gasteiger partial charge in [-0.15, -0.1) is 0 Å². The van der Waals surface area contributed by atoms with Crippen LogP contribution < -0.4 is 14.8 Å². The number of anilines is 1. The molecule has 1 amide bonds. The molecule has 1 atom stereocenters. The second kappa shape index (κ2) is 6.93. The Morgan fingerprint density at radius 2 is 2.04 bits per heavy atom. The maximum atomic E-state index is 12.5. The minimum absolute atomic E-state index is 0.155. The third-order valence-electron chi connectivity index (χ3n) is 4.37. The fourth-order valence-corrected chi connectivity index (χ4v) is 3.53. The minimum atomic E-state index is -0.222. The zero-order chi connectivity index (χ0) is 18.9. The molecule has 8 nitrogen and oxygen atoms in total. The van der Waals surface area contributed by atoms with Crippen LogP contribution in [0, 0.1) is 0 Å². The molecule has 9 heteroatoms. The average Bonchev–Trinajstić information content (AvgIpc) is 3.36. The van der Waals surface area contributed by atoms with Crippen LogP contribution in [0.2, 0.25) is 0 Å². The smallest absolute Gasteiger partial charge is 0.255 e. The highest BCUT2D eigenvalue weighted by Crippen LogP contribution is 2.31. The quantitative estimate of drug-likeness (QED) is 0.573. The molecule has 4 aromatic rings. The van der Waals surface area contributed by atoms with E-state index in [4.69, 9.17) is 9.47 Å². The molecule has 0 unspecified atom stereocenters. The summed E-state index contributed by atoms with van der Waals surface area (Å²) in [5.74, 6) is 1.26. The molecule has 2 aromatic carbocycles. The Bertz CT molecular complexity index is 1160. The van der Waals surface area contributed by atoms with Crippen LogP contribution in [-0.4, -0.2) is 37.1 Å². The molecule has 1 N–H and O–H groups in total. The number of amides is 1. The van der Waals surface area contributed by atoms with Crippen molar-refractivity contribution in [1.82, 2.24) is 18.5 Å². The molecule has 5 rings (SSSR count). The van der Waals surface area contributed by atoms with Crippen molar-refractivity contribution in [2.45, 2.75) is 12.6 Å². The first-order chi connectivity index (χ1) is 13.7. The first-order valence-corrected chi connectivity index (χ1v) is 9.42. The van der Waals surface area contributed by atoms with Crippen LogP contribution >= 0.6 is 11.7 Å². The molecular formula is C19H15N5O3S. The Balaban J connectivity index is 1.24. The lowest BCUT2D eigenvalue weighted by Crippen LogP contribution is -2.33. The lowest BCUT2D eigenvalue weighted by atomic mass is 10.2. The van der Waals surface area contributed by atoms with Crippen LogP contribution in [0.25, 0.3) is 11.0 Å². The predicted octanol–water partition coefficient (Wildman–Crippen LogP) is 2.98. The van der Waals surface area contributed by atoms with Crippen molar-refractivity contribution in [3.8, 4) is 11.5 Å². The highest BCUT2D eigenvalue weighted by molar-refractivity contribution is 7.00. The third kappa shape index (κ3) is 3.27. The van der Waals surface area contributed by atoms with Crippen LogP contribution in [0.15, 0.2) is 54.9 Å². The highest BCUT2D eigenvalue weighted by Gasteiger charge is 2.21. The summed E-state index contributed by atoms with van der Waals surface area (Å²) in [5, 5.41) is 7.15. The fraction of sp³-hybridized carbons (Fsp3) is 0.158. The summed E-state index contributed by atoms with van der Waals surface area (Å²) < 4.78 is 21.7. The van der Waals surface area contributed by atoms with E-state index in [-0.39, 0.29) is 12.0 Å². The van der Waals surface area contributed by atoms with Gasteiger partial charge in [0, 0.05) is 11.8 Å². The zero-order valence-electron chi connectivity index (χ0n) is 14.6. The summed E-state index contributed by atoms with van der Waals surface area (Å²) in [5.41, 5.74) is 2.63. The molecule has 0 spiro atoms. The maximum absolute atomic E-state index is 12.5. The zero-order valence-corrected chi connectivity index (χ0v) is 15.4. The molecule has 1 aliphatic heterocycles. The van der Waals surface area contributed by atoms with Gasteiger partial charge < -0.3 is 14.8 Å². The van der Waals surface area contributed by atoms with E-state index in [0.29, 0.717) is 29.9 Å². The number of carbonyl (C=O) groups excluding carboxylic acids is 1. The van der Waals surface area contributed by atoms with Gasteiger partial charge in [-0.2, -0.15) is 13.8 Å². The number of hydrogen-bond acceptors (Lipinski definition) is 7. The monoisotopic (exact) mass is 393 g/mol. The molecule has 0 bridgehead atoms. The van der Waals surface area contributed by atoms with Crippen molar-refractivity contribution in [2.24, 2.45) is 0 Å². The summed E-state index contributed by atoms with van der Waals surface area (Å²) in [6.45, 7) is 0.959. The predicted molar refractivity (Wildman–Crippen MR) is 104 cm³/mol. The Morgan fingerprint density at radius 3 is 2.96 bits per heavy atom. The van der Waals surface area contributed by atoms with Crippen molar-refractivity contribution in [2.75, 3.05) is 11.9 Å². The molecule has 0 saturated carbocycles. The number of rotatable bonds is 4. The summed E-state index contributed by atoms with van der Waals surface area (Å²) in [4.78, 5) is 12.5.